The normalized spacial score (nSPS) is 10.8. The van der Waals surface area contributed by atoms with Crippen molar-refractivity contribution in [2.24, 2.45) is 0 Å². The van der Waals surface area contributed by atoms with Crippen molar-refractivity contribution in [1.29, 1.82) is 0 Å². The number of carbonyl (C=O) groups excluding carboxylic acids is 1. The highest BCUT2D eigenvalue weighted by atomic mass is 16.3. The topological polar surface area (TPSA) is 56.2 Å². The Kier molecular flexibility index (Phi) is 2.87. The molecular formula is C13H11NO2. The number of hydrogen-bond acceptors (Lipinski definition) is 3. The average molecular weight is 213 g/mol. The minimum atomic E-state index is -0.0782. The lowest BCUT2D eigenvalue weighted by atomic mass is 10.1. The molecule has 0 bridgehead atoms. The largest absolute Gasteiger partial charge is 0.472 e. The molecule has 16 heavy (non-hydrogen) atoms. The molecule has 3 heteroatoms. The van der Waals surface area contributed by atoms with Crippen LogP contribution >= 0.6 is 0 Å². The van der Waals surface area contributed by atoms with Gasteiger partial charge in [0.2, 0.25) is 0 Å². The minimum absolute atomic E-state index is 0.0782. The summed E-state index contributed by atoms with van der Waals surface area (Å²) in [6.07, 6.45) is 6.16. The summed E-state index contributed by atoms with van der Waals surface area (Å²) < 4.78 is 4.83. The van der Waals surface area contributed by atoms with E-state index in [2.05, 4.69) is 0 Å². The highest BCUT2D eigenvalue weighted by Crippen LogP contribution is 2.08. The van der Waals surface area contributed by atoms with Crippen molar-refractivity contribution < 1.29 is 9.21 Å². The minimum Gasteiger partial charge on any atom is -0.472 e. The van der Waals surface area contributed by atoms with Crippen LogP contribution in [0.4, 0.5) is 5.69 Å². The van der Waals surface area contributed by atoms with Crippen LogP contribution in [0.15, 0.2) is 53.4 Å². The molecule has 0 spiro atoms. The first-order chi connectivity index (χ1) is 7.75. The second kappa shape index (κ2) is 4.49. The van der Waals surface area contributed by atoms with Crippen molar-refractivity contribution in [1.82, 2.24) is 0 Å². The van der Waals surface area contributed by atoms with Gasteiger partial charge in [-0.05, 0) is 29.8 Å². The maximum absolute atomic E-state index is 11.6. The number of rotatable bonds is 3. The lowest BCUT2D eigenvalue weighted by Gasteiger charge is -1.94. The summed E-state index contributed by atoms with van der Waals surface area (Å²) in [6.45, 7) is 0. The molecule has 1 aromatic heterocycles. The molecule has 3 nitrogen and oxygen atoms in total. The van der Waals surface area contributed by atoms with Crippen LogP contribution in [0.1, 0.15) is 15.9 Å². The Morgan fingerprint density at radius 2 is 1.94 bits per heavy atom. The average Bonchev–Trinajstić information content (AvgIpc) is 2.81. The highest BCUT2D eigenvalue weighted by molar-refractivity contribution is 6.06. The summed E-state index contributed by atoms with van der Waals surface area (Å²) in [5, 5.41) is 0. The molecule has 0 amide bonds. The van der Waals surface area contributed by atoms with E-state index in [1.165, 1.54) is 18.6 Å². The van der Waals surface area contributed by atoms with E-state index in [0.29, 0.717) is 11.3 Å². The number of carbonyl (C=O) groups is 1. The van der Waals surface area contributed by atoms with Gasteiger partial charge in [0.15, 0.2) is 5.78 Å². The Morgan fingerprint density at radius 3 is 2.56 bits per heavy atom. The molecule has 0 atom stereocenters. The van der Waals surface area contributed by atoms with Gasteiger partial charge in [-0.1, -0.05) is 18.2 Å². The van der Waals surface area contributed by atoms with E-state index in [9.17, 15) is 4.79 Å². The molecule has 2 rings (SSSR count). The molecule has 2 aromatic rings. The molecule has 1 heterocycles. The standard InChI is InChI=1S/C13H11NO2/c14-12-4-1-10(2-5-12)3-6-13(15)11-7-8-16-9-11/h1-9H,14H2/b6-3+. The van der Waals surface area contributed by atoms with Crippen molar-refractivity contribution >= 4 is 17.5 Å². The third-order valence-electron chi connectivity index (χ3n) is 2.17. The molecule has 2 N–H and O–H groups in total. The van der Waals surface area contributed by atoms with Gasteiger partial charge >= 0.3 is 0 Å². The van der Waals surface area contributed by atoms with Crippen LogP contribution in [0.25, 0.3) is 6.08 Å². The maximum Gasteiger partial charge on any atom is 0.189 e. The summed E-state index contributed by atoms with van der Waals surface area (Å²) in [5.74, 6) is -0.0782. The fourth-order valence-electron chi connectivity index (χ4n) is 1.28. The third kappa shape index (κ3) is 2.39. The van der Waals surface area contributed by atoms with Gasteiger partial charge in [0, 0.05) is 5.69 Å². The second-order valence-electron chi connectivity index (χ2n) is 3.38. The first kappa shape index (κ1) is 10.2. The molecule has 0 radical (unpaired) electrons. The first-order valence-electron chi connectivity index (χ1n) is 4.86. The van der Waals surface area contributed by atoms with Gasteiger partial charge in [0.1, 0.15) is 6.26 Å². The van der Waals surface area contributed by atoms with Crippen LogP contribution in [0.2, 0.25) is 0 Å². The van der Waals surface area contributed by atoms with E-state index in [-0.39, 0.29) is 5.78 Å². The Hall–Kier alpha value is -2.29. The summed E-state index contributed by atoms with van der Waals surface area (Å²) in [5.41, 5.74) is 7.75. The zero-order valence-corrected chi connectivity index (χ0v) is 8.59. The van der Waals surface area contributed by atoms with Gasteiger partial charge in [-0.2, -0.15) is 0 Å². The van der Waals surface area contributed by atoms with Gasteiger partial charge in [-0.15, -0.1) is 0 Å². The first-order valence-corrected chi connectivity index (χ1v) is 4.86. The Balaban J connectivity index is 2.10. The molecule has 0 saturated heterocycles. The number of benzene rings is 1. The molecule has 1 aromatic carbocycles. The third-order valence-corrected chi connectivity index (χ3v) is 2.17. The molecule has 0 aliphatic heterocycles. The van der Waals surface area contributed by atoms with Gasteiger partial charge in [-0.25, -0.2) is 0 Å². The van der Waals surface area contributed by atoms with E-state index in [4.69, 9.17) is 10.2 Å². The van der Waals surface area contributed by atoms with Gasteiger partial charge in [0.25, 0.3) is 0 Å². The highest BCUT2D eigenvalue weighted by Gasteiger charge is 2.01. The van der Waals surface area contributed by atoms with E-state index in [0.717, 1.165) is 5.56 Å². The molecule has 0 aliphatic carbocycles. The number of allylic oxidation sites excluding steroid dienone is 1. The fourth-order valence-corrected chi connectivity index (χ4v) is 1.28. The van der Waals surface area contributed by atoms with E-state index in [1.54, 1.807) is 24.3 Å². The van der Waals surface area contributed by atoms with Crippen LogP contribution in [-0.4, -0.2) is 5.78 Å². The summed E-state index contributed by atoms with van der Waals surface area (Å²) in [7, 11) is 0. The number of anilines is 1. The zero-order valence-electron chi connectivity index (χ0n) is 8.59. The van der Waals surface area contributed by atoms with Crippen LogP contribution in [0.3, 0.4) is 0 Å². The maximum atomic E-state index is 11.6. The van der Waals surface area contributed by atoms with Crippen molar-refractivity contribution in [2.75, 3.05) is 5.73 Å². The fraction of sp³-hybridized carbons (Fsp3) is 0. The smallest absolute Gasteiger partial charge is 0.189 e. The van der Waals surface area contributed by atoms with Gasteiger partial charge in [0.05, 0.1) is 11.8 Å². The SMILES string of the molecule is Nc1ccc(/C=C/C(=O)c2ccoc2)cc1. The second-order valence-corrected chi connectivity index (χ2v) is 3.38. The monoisotopic (exact) mass is 213 g/mol. The predicted octanol–water partition coefficient (Wildman–Crippen LogP) is 2.76. The van der Waals surface area contributed by atoms with E-state index in [1.807, 2.05) is 12.1 Å². The summed E-state index contributed by atoms with van der Waals surface area (Å²) in [6, 6.07) is 8.93. The van der Waals surface area contributed by atoms with Crippen LogP contribution < -0.4 is 5.73 Å². The van der Waals surface area contributed by atoms with Crippen molar-refractivity contribution in [3.8, 4) is 0 Å². The van der Waals surface area contributed by atoms with Crippen LogP contribution in [-0.2, 0) is 0 Å². The predicted molar refractivity (Wildman–Crippen MR) is 62.9 cm³/mol. The van der Waals surface area contributed by atoms with Crippen LogP contribution in [0.5, 0.6) is 0 Å². The van der Waals surface area contributed by atoms with Crippen LogP contribution in [0, 0.1) is 0 Å². The lowest BCUT2D eigenvalue weighted by Crippen LogP contribution is -1.90. The number of nitrogens with two attached hydrogens (primary N) is 1. The molecule has 0 unspecified atom stereocenters. The van der Waals surface area contributed by atoms with E-state index >= 15 is 0 Å². The molecule has 80 valence electrons. The number of nitrogen functional groups attached to an aromatic ring is 1. The van der Waals surface area contributed by atoms with Gasteiger partial charge < -0.3 is 10.2 Å². The van der Waals surface area contributed by atoms with Crippen molar-refractivity contribution in [2.45, 2.75) is 0 Å². The lowest BCUT2D eigenvalue weighted by molar-refractivity contribution is 0.104. The van der Waals surface area contributed by atoms with Crippen molar-refractivity contribution in [3.63, 3.8) is 0 Å². The summed E-state index contributed by atoms with van der Waals surface area (Å²) in [4.78, 5) is 11.6. The molecule has 0 fully saturated rings. The van der Waals surface area contributed by atoms with Gasteiger partial charge in [-0.3, -0.25) is 4.79 Å². The van der Waals surface area contributed by atoms with E-state index < -0.39 is 0 Å². The zero-order chi connectivity index (χ0) is 11.4. The number of ketones is 1. The summed E-state index contributed by atoms with van der Waals surface area (Å²) >= 11 is 0. The quantitative estimate of drug-likeness (QED) is 0.484. The Bertz CT molecular complexity index is 495. The number of furan rings is 1. The molecular weight excluding hydrogens is 202 g/mol. The number of hydrogen-bond donors (Lipinski definition) is 1. The van der Waals surface area contributed by atoms with Crippen molar-refractivity contribution in [3.05, 3.63) is 60.1 Å². The molecule has 0 saturated carbocycles. The Morgan fingerprint density at radius 1 is 1.19 bits per heavy atom. The Labute approximate surface area is 93.2 Å². The molecule has 0 aliphatic rings.